The van der Waals surface area contributed by atoms with Crippen LogP contribution in [0.4, 0.5) is 0 Å². The zero-order valence-corrected chi connectivity index (χ0v) is 11.8. The number of rotatable bonds is 5. The highest BCUT2D eigenvalue weighted by Gasteiger charge is 2.27. The summed E-state index contributed by atoms with van der Waals surface area (Å²) in [5.74, 6) is 0.895. The number of aromatic nitrogens is 3. The van der Waals surface area contributed by atoms with Crippen molar-refractivity contribution in [3.8, 4) is 0 Å². The lowest BCUT2D eigenvalue weighted by Crippen LogP contribution is -2.45. The summed E-state index contributed by atoms with van der Waals surface area (Å²) in [7, 11) is -1.71. The van der Waals surface area contributed by atoms with Crippen molar-refractivity contribution in [2.24, 2.45) is 18.7 Å². The first-order valence-electron chi connectivity index (χ1n) is 6.30. The zero-order chi connectivity index (χ0) is 13.9. The second-order valence-electron chi connectivity index (χ2n) is 4.74. The summed E-state index contributed by atoms with van der Waals surface area (Å²) in [6.45, 7) is 1.78. The maximum Gasteiger partial charge on any atom is 0.279 e. The van der Waals surface area contributed by atoms with Crippen LogP contribution in [0, 0.1) is 5.92 Å². The fraction of sp³-hybridized carbons (Fsp3) is 0.800. The van der Waals surface area contributed by atoms with Crippen LogP contribution >= 0.6 is 0 Å². The highest BCUT2D eigenvalue weighted by atomic mass is 32.2. The summed E-state index contributed by atoms with van der Waals surface area (Å²) in [5.41, 5.74) is 5.59. The monoisotopic (exact) mass is 288 g/mol. The summed E-state index contributed by atoms with van der Waals surface area (Å²) < 4.78 is 29.7. The van der Waals surface area contributed by atoms with E-state index in [9.17, 15) is 8.42 Å². The van der Waals surface area contributed by atoms with Crippen LogP contribution < -0.4 is 10.5 Å². The van der Waals surface area contributed by atoms with E-state index >= 15 is 0 Å². The molecule has 108 valence electrons. The Balaban J connectivity index is 1.88. The molecule has 0 unspecified atom stereocenters. The fourth-order valence-corrected chi connectivity index (χ4v) is 3.28. The molecule has 1 aromatic heterocycles. The van der Waals surface area contributed by atoms with Crippen molar-refractivity contribution in [1.29, 1.82) is 0 Å². The summed E-state index contributed by atoms with van der Waals surface area (Å²) in [5, 5.41) is 4.03. The lowest BCUT2D eigenvalue weighted by molar-refractivity contribution is 0.275. The Morgan fingerprint density at radius 2 is 2.16 bits per heavy atom. The van der Waals surface area contributed by atoms with Crippen molar-refractivity contribution in [3.05, 3.63) is 12.2 Å². The van der Waals surface area contributed by atoms with Crippen LogP contribution in [0.2, 0.25) is 0 Å². The van der Waals surface area contributed by atoms with Crippen molar-refractivity contribution in [2.75, 3.05) is 19.6 Å². The van der Waals surface area contributed by atoms with E-state index in [-0.39, 0.29) is 6.54 Å². The number of nitrogens with one attached hydrogen (secondary N) is 1. The second-order valence-corrected chi connectivity index (χ2v) is 6.49. The standard InChI is InChI=1S/C10H20N6O2S/c1-15-8-12-10(14-15)7-13-19(17,18)16-4-2-9(6-11)3-5-16/h8-9,13H,2-7,11H2,1H3. The summed E-state index contributed by atoms with van der Waals surface area (Å²) >= 11 is 0. The normalized spacial score (nSPS) is 18.8. The number of nitrogens with zero attached hydrogens (tertiary/aromatic N) is 4. The Hall–Kier alpha value is -1.03. The highest BCUT2D eigenvalue weighted by molar-refractivity contribution is 7.87. The van der Waals surface area contributed by atoms with E-state index in [0.717, 1.165) is 12.8 Å². The number of hydrogen-bond acceptors (Lipinski definition) is 5. The van der Waals surface area contributed by atoms with Gasteiger partial charge in [-0.2, -0.15) is 22.5 Å². The van der Waals surface area contributed by atoms with E-state index in [1.807, 2.05) is 0 Å². The van der Waals surface area contributed by atoms with Gasteiger partial charge in [-0.3, -0.25) is 4.68 Å². The van der Waals surface area contributed by atoms with Crippen LogP contribution in [-0.4, -0.2) is 47.1 Å². The fourth-order valence-electron chi connectivity index (χ4n) is 2.10. The van der Waals surface area contributed by atoms with Gasteiger partial charge in [0.05, 0.1) is 6.54 Å². The summed E-state index contributed by atoms with van der Waals surface area (Å²) in [6.07, 6.45) is 3.18. The summed E-state index contributed by atoms with van der Waals surface area (Å²) in [4.78, 5) is 3.98. The Bertz CT molecular complexity index is 506. The lowest BCUT2D eigenvalue weighted by Gasteiger charge is -2.30. The van der Waals surface area contributed by atoms with Gasteiger partial charge in [-0.25, -0.2) is 4.98 Å². The third kappa shape index (κ3) is 3.72. The summed E-state index contributed by atoms with van der Waals surface area (Å²) in [6, 6.07) is 0. The molecular formula is C10H20N6O2S. The minimum Gasteiger partial charge on any atom is -0.330 e. The second kappa shape index (κ2) is 5.95. The number of nitrogens with two attached hydrogens (primary N) is 1. The molecule has 0 amide bonds. The average Bonchev–Trinajstić information content (AvgIpc) is 2.82. The maximum atomic E-state index is 12.1. The first-order valence-corrected chi connectivity index (χ1v) is 7.74. The third-order valence-electron chi connectivity index (χ3n) is 3.31. The molecule has 1 aliphatic heterocycles. The highest BCUT2D eigenvalue weighted by Crippen LogP contribution is 2.17. The molecule has 1 fully saturated rings. The van der Waals surface area contributed by atoms with Crippen LogP contribution in [-0.2, 0) is 23.8 Å². The van der Waals surface area contributed by atoms with Gasteiger partial charge in [-0.05, 0) is 25.3 Å². The molecule has 9 heteroatoms. The molecule has 2 heterocycles. The van der Waals surface area contributed by atoms with Crippen LogP contribution in [0.25, 0.3) is 0 Å². The van der Waals surface area contributed by atoms with E-state index in [2.05, 4.69) is 14.8 Å². The minimum atomic E-state index is -3.45. The SMILES string of the molecule is Cn1cnc(CNS(=O)(=O)N2CCC(CN)CC2)n1. The predicted molar refractivity (Wildman–Crippen MR) is 70.1 cm³/mol. The topological polar surface area (TPSA) is 106 Å². The van der Waals surface area contributed by atoms with Crippen molar-refractivity contribution in [3.63, 3.8) is 0 Å². The Labute approximate surface area is 113 Å². The molecule has 0 aromatic carbocycles. The van der Waals surface area contributed by atoms with Crippen LogP contribution in [0.3, 0.4) is 0 Å². The quantitative estimate of drug-likeness (QED) is 0.709. The smallest absolute Gasteiger partial charge is 0.279 e. The number of hydrogen-bond donors (Lipinski definition) is 2. The molecule has 1 saturated heterocycles. The molecule has 0 spiro atoms. The van der Waals surface area contributed by atoms with E-state index < -0.39 is 10.2 Å². The molecule has 3 N–H and O–H groups in total. The first kappa shape index (κ1) is 14.4. The van der Waals surface area contributed by atoms with E-state index in [1.54, 1.807) is 7.05 Å². The largest absolute Gasteiger partial charge is 0.330 e. The molecule has 0 atom stereocenters. The first-order chi connectivity index (χ1) is 9.01. The Morgan fingerprint density at radius 1 is 1.47 bits per heavy atom. The average molecular weight is 288 g/mol. The minimum absolute atomic E-state index is 0.111. The molecule has 0 radical (unpaired) electrons. The van der Waals surface area contributed by atoms with Gasteiger partial charge in [-0.1, -0.05) is 0 Å². The number of aryl methyl sites for hydroxylation is 1. The van der Waals surface area contributed by atoms with Gasteiger partial charge in [0, 0.05) is 20.1 Å². The molecule has 0 aliphatic carbocycles. The number of piperidine rings is 1. The van der Waals surface area contributed by atoms with E-state index in [0.29, 0.717) is 31.4 Å². The molecule has 1 aromatic rings. The van der Waals surface area contributed by atoms with Gasteiger partial charge in [0.1, 0.15) is 6.33 Å². The van der Waals surface area contributed by atoms with Gasteiger partial charge in [-0.15, -0.1) is 0 Å². The van der Waals surface area contributed by atoms with Gasteiger partial charge in [0.25, 0.3) is 10.2 Å². The van der Waals surface area contributed by atoms with Crippen molar-refractivity contribution >= 4 is 10.2 Å². The predicted octanol–water partition coefficient (Wildman–Crippen LogP) is -1.18. The van der Waals surface area contributed by atoms with Gasteiger partial charge in [0.15, 0.2) is 5.82 Å². The van der Waals surface area contributed by atoms with E-state index in [1.165, 1.54) is 15.3 Å². The molecule has 1 aliphatic rings. The van der Waals surface area contributed by atoms with Crippen molar-refractivity contribution in [1.82, 2.24) is 23.8 Å². The molecular weight excluding hydrogens is 268 g/mol. The Kier molecular flexibility index (Phi) is 4.50. The van der Waals surface area contributed by atoms with E-state index in [4.69, 9.17) is 5.73 Å². The third-order valence-corrected chi connectivity index (χ3v) is 4.86. The lowest BCUT2D eigenvalue weighted by atomic mass is 9.99. The van der Waals surface area contributed by atoms with Crippen LogP contribution in [0.5, 0.6) is 0 Å². The van der Waals surface area contributed by atoms with Crippen LogP contribution in [0.15, 0.2) is 6.33 Å². The van der Waals surface area contributed by atoms with Crippen LogP contribution in [0.1, 0.15) is 18.7 Å². The van der Waals surface area contributed by atoms with Gasteiger partial charge < -0.3 is 5.73 Å². The zero-order valence-electron chi connectivity index (χ0n) is 11.0. The van der Waals surface area contributed by atoms with Crippen molar-refractivity contribution < 1.29 is 8.42 Å². The van der Waals surface area contributed by atoms with Gasteiger partial charge >= 0.3 is 0 Å². The molecule has 0 bridgehead atoms. The van der Waals surface area contributed by atoms with Gasteiger partial charge in [0.2, 0.25) is 0 Å². The Morgan fingerprint density at radius 3 is 2.68 bits per heavy atom. The molecule has 8 nitrogen and oxygen atoms in total. The molecule has 0 saturated carbocycles. The molecule has 2 rings (SSSR count). The maximum absolute atomic E-state index is 12.1. The molecule has 19 heavy (non-hydrogen) atoms. The van der Waals surface area contributed by atoms with Crippen molar-refractivity contribution in [2.45, 2.75) is 19.4 Å².